The predicted octanol–water partition coefficient (Wildman–Crippen LogP) is 5.29. The molecule has 2 rings (SSSR count). The first kappa shape index (κ1) is 16.1. The maximum absolute atomic E-state index is 12.1. The molecule has 0 bridgehead atoms. The van der Waals surface area contributed by atoms with E-state index in [9.17, 15) is 4.79 Å². The third kappa shape index (κ3) is 4.32. The van der Waals surface area contributed by atoms with Gasteiger partial charge in [0.05, 0.1) is 5.69 Å². The third-order valence-electron chi connectivity index (χ3n) is 3.41. The Bertz CT molecular complexity index is 670. The number of anilines is 1. The maximum atomic E-state index is 12.1. The van der Waals surface area contributed by atoms with E-state index in [1.54, 1.807) is 6.07 Å². The standard InChI is InChI=1S/C17H17BrClNO/c1-11-5-3-4-6-13(11)7-8-17(21)20-16-10-15(19)12(2)9-14(16)18/h3-6,9-10H,7-8H2,1-2H3,(H,20,21). The first-order valence-electron chi connectivity index (χ1n) is 6.77. The fourth-order valence-corrected chi connectivity index (χ4v) is 2.81. The highest BCUT2D eigenvalue weighted by Gasteiger charge is 2.09. The molecule has 4 heteroatoms. The molecule has 0 heterocycles. The largest absolute Gasteiger partial charge is 0.325 e. The number of aryl methyl sites for hydroxylation is 3. The molecule has 0 saturated heterocycles. The normalized spacial score (nSPS) is 10.5. The van der Waals surface area contributed by atoms with Crippen molar-refractivity contribution in [3.63, 3.8) is 0 Å². The summed E-state index contributed by atoms with van der Waals surface area (Å²) in [7, 11) is 0. The Morgan fingerprint density at radius 1 is 1.19 bits per heavy atom. The Labute approximate surface area is 138 Å². The van der Waals surface area contributed by atoms with Crippen molar-refractivity contribution in [1.82, 2.24) is 0 Å². The summed E-state index contributed by atoms with van der Waals surface area (Å²) in [6.45, 7) is 3.99. The maximum Gasteiger partial charge on any atom is 0.224 e. The number of nitrogens with one attached hydrogen (secondary N) is 1. The minimum Gasteiger partial charge on any atom is -0.325 e. The van der Waals surface area contributed by atoms with Crippen LogP contribution in [0.2, 0.25) is 5.02 Å². The fourth-order valence-electron chi connectivity index (χ4n) is 2.09. The number of rotatable bonds is 4. The summed E-state index contributed by atoms with van der Waals surface area (Å²) >= 11 is 9.53. The number of halogens is 2. The summed E-state index contributed by atoms with van der Waals surface area (Å²) in [5, 5.41) is 3.54. The molecular weight excluding hydrogens is 350 g/mol. The molecule has 110 valence electrons. The molecule has 2 aromatic carbocycles. The molecular formula is C17H17BrClNO. The van der Waals surface area contributed by atoms with Gasteiger partial charge in [-0.1, -0.05) is 35.9 Å². The Balaban J connectivity index is 1.99. The summed E-state index contributed by atoms with van der Waals surface area (Å²) < 4.78 is 0.841. The van der Waals surface area contributed by atoms with Gasteiger partial charge in [-0.15, -0.1) is 0 Å². The summed E-state index contributed by atoms with van der Waals surface area (Å²) in [5.41, 5.74) is 4.10. The van der Waals surface area contributed by atoms with Gasteiger partial charge < -0.3 is 5.32 Å². The van der Waals surface area contributed by atoms with E-state index in [0.29, 0.717) is 17.1 Å². The Kier molecular flexibility index (Phi) is 5.43. The van der Waals surface area contributed by atoms with Gasteiger partial charge in [-0.05, 0) is 65.0 Å². The molecule has 0 spiro atoms. The predicted molar refractivity (Wildman–Crippen MR) is 92.0 cm³/mol. The van der Waals surface area contributed by atoms with Crippen molar-refractivity contribution < 1.29 is 4.79 Å². The highest BCUT2D eigenvalue weighted by Crippen LogP contribution is 2.29. The number of hydrogen-bond donors (Lipinski definition) is 1. The van der Waals surface area contributed by atoms with Crippen LogP contribution < -0.4 is 5.32 Å². The third-order valence-corrected chi connectivity index (χ3v) is 4.47. The second-order valence-corrected chi connectivity index (χ2v) is 6.32. The van der Waals surface area contributed by atoms with Crippen molar-refractivity contribution in [3.05, 3.63) is 62.6 Å². The molecule has 0 aromatic heterocycles. The lowest BCUT2D eigenvalue weighted by atomic mass is 10.0. The van der Waals surface area contributed by atoms with Gasteiger partial charge in [0.2, 0.25) is 5.91 Å². The van der Waals surface area contributed by atoms with Crippen molar-refractivity contribution in [2.45, 2.75) is 26.7 Å². The van der Waals surface area contributed by atoms with Gasteiger partial charge >= 0.3 is 0 Å². The Morgan fingerprint density at radius 2 is 1.90 bits per heavy atom. The van der Waals surface area contributed by atoms with Crippen LogP contribution in [0.1, 0.15) is 23.1 Å². The molecule has 0 atom stereocenters. The van der Waals surface area contributed by atoms with Gasteiger partial charge in [0.15, 0.2) is 0 Å². The van der Waals surface area contributed by atoms with Gasteiger partial charge in [0, 0.05) is 15.9 Å². The van der Waals surface area contributed by atoms with Crippen molar-refractivity contribution in [2.24, 2.45) is 0 Å². The summed E-state index contributed by atoms with van der Waals surface area (Å²) in [5.74, 6) is -0.0149. The van der Waals surface area contributed by atoms with E-state index in [2.05, 4.69) is 40.3 Å². The monoisotopic (exact) mass is 365 g/mol. The second kappa shape index (κ2) is 7.10. The SMILES string of the molecule is Cc1cc(Br)c(NC(=O)CCc2ccccc2C)cc1Cl. The number of amides is 1. The zero-order valence-corrected chi connectivity index (χ0v) is 14.4. The fraction of sp³-hybridized carbons (Fsp3) is 0.235. The van der Waals surface area contributed by atoms with E-state index in [0.717, 1.165) is 16.5 Å². The van der Waals surface area contributed by atoms with E-state index in [4.69, 9.17) is 11.6 Å². The van der Waals surface area contributed by atoms with Gasteiger partial charge in [0.25, 0.3) is 0 Å². The van der Waals surface area contributed by atoms with Crippen molar-refractivity contribution >= 4 is 39.1 Å². The molecule has 0 saturated carbocycles. The lowest BCUT2D eigenvalue weighted by molar-refractivity contribution is -0.116. The smallest absolute Gasteiger partial charge is 0.224 e. The van der Waals surface area contributed by atoms with Crippen LogP contribution in [0, 0.1) is 13.8 Å². The average Bonchev–Trinajstić information content (AvgIpc) is 2.44. The number of hydrogen-bond acceptors (Lipinski definition) is 1. The molecule has 0 aliphatic heterocycles. The van der Waals surface area contributed by atoms with Crippen LogP contribution in [0.4, 0.5) is 5.69 Å². The molecule has 0 aliphatic carbocycles. The molecule has 0 radical (unpaired) electrons. The topological polar surface area (TPSA) is 29.1 Å². The number of benzene rings is 2. The van der Waals surface area contributed by atoms with E-state index in [-0.39, 0.29) is 5.91 Å². The van der Waals surface area contributed by atoms with E-state index in [1.807, 2.05) is 25.1 Å². The van der Waals surface area contributed by atoms with Crippen LogP contribution in [0.15, 0.2) is 40.9 Å². The van der Waals surface area contributed by atoms with E-state index >= 15 is 0 Å². The highest BCUT2D eigenvalue weighted by molar-refractivity contribution is 9.10. The van der Waals surface area contributed by atoms with Crippen LogP contribution in [-0.2, 0) is 11.2 Å². The molecule has 1 amide bonds. The molecule has 0 unspecified atom stereocenters. The minimum absolute atomic E-state index is 0.0149. The number of carbonyl (C=O) groups excluding carboxylic acids is 1. The van der Waals surface area contributed by atoms with Crippen LogP contribution in [0.3, 0.4) is 0 Å². The van der Waals surface area contributed by atoms with Gasteiger partial charge in [-0.25, -0.2) is 0 Å². The molecule has 0 fully saturated rings. The van der Waals surface area contributed by atoms with Crippen LogP contribution in [-0.4, -0.2) is 5.91 Å². The van der Waals surface area contributed by atoms with Crippen molar-refractivity contribution in [1.29, 1.82) is 0 Å². The Hall–Kier alpha value is -1.32. The molecule has 2 aromatic rings. The highest BCUT2D eigenvalue weighted by atomic mass is 79.9. The summed E-state index contributed by atoms with van der Waals surface area (Å²) in [4.78, 5) is 12.1. The molecule has 21 heavy (non-hydrogen) atoms. The molecule has 2 nitrogen and oxygen atoms in total. The van der Waals surface area contributed by atoms with Gasteiger partial charge in [-0.3, -0.25) is 4.79 Å². The Morgan fingerprint density at radius 3 is 2.62 bits per heavy atom. The van der Waals surface area contributed by atoms with Crippen molar-refractivity contribution in [3.8, 4) is 0 Å². The quantitative estimate of drug-likeness (QED) is 0.782. The summed E-state index contributed by atoms with van der Waals surface area (Å²) in [6.07, 6.45) is 1.18. The van der Waals surface area contributed by atoms with Gasteiger partial charge in [0.1, 0.15) is 0 Å². The zero-order chi connectivity index (χ0) is 15.4. The van der Waals surface area contributed by atoms with Crippen LogP contribution >= 0.6 is 27.5 Å². The molecule has 1 N–H and O–H groups in total. The molecule has 0 aliphatic rings. The van der Waals surface area contributed by atoms with E-state index in [1.165, 1.54) is 11.1 Å². The van der Waals surface area contributed by atoms with Crippen LogP contribution in [0.5, 0.6) is 0 Å². The lowest BCUT2D eigenvalue weighted by Crippen LogP contribution is -2.13. The number of carbonyl (C=O) groups is 1. The zero-order valence-electron chi connectivity index (χ0n) is 12.0. The lowest BCUT2D eigenvalue weighted by Gasteiger charge is -2.10. The van der Waals surface area contributed by atoms with Gasteiger partial charge in [-0.2, -0.15) is 0 Å². The first-order chi connectivity index (χ1) is 9.97. The van der Waals surface area contributed by atoms with Crippen molar-refractivity contribution in [2.75, 3.05) is 5.32 Å². The first-order valence-corrected chi connectivity index (χ1v) is 7.94. The van der Waals surface area contributed by atoms with E-state index < -0.39 is 0 Å². The minimum atomic E-state index is -0.0149. The summed E-state index contributed by atoms with van der Waals surface area (Å²) in [6, 6.07) is 11.8. The second-order valence-electron chi connectivity index (χ2n) is 5.06. The van der Waals surface area contributed by atoms with Crippen LogP contribution in [0.25, 0.3) is 0 Å². The average molecular weight is 367 g/mol.